The molecule has 168 valence electrons. The Morgan fingerprint density at radius 1 is 0.939 bits per heavy atom. The van der Waals surface area contributed by atoms with Gasteiger partial charge in [-0.2, -0.15) is 0 Å². The number of nitrogens with one attached hydrogen (secondary N) is 1. The molecule has 4 rings (SSSR count). The highest BCUT2D eigenvalue weighted by molar-refractivity contribution is 6.36. The number of hydrogen-bond donors (Lipinski definition) is 1. The molecule has 33 heavy (non-hydrogen) atoms. The molecule has 0 unspecified atom stereocenters. The fourth-order valence-electron chi connectivity index (χ4n) is 3.84. The summed E-state index contributed by atoms with van der Waals surface area (Å²) in [4.78, 5) is 32.2. The normalized spacial score (nSPS) is 13.8. The molecule has 2 heterocycles. The van der Waals surface area contributed by atoms with Crippen LogP contribution in [0.4, 0.5) is 5.69 Å². The minimum absolute atomic E-state index is 0.0438. The molecular weight excluding hydrogens is 414 g/mol. The maximum atomic E-state index is 13.5. The van der Waals surface area contributed by atoms with Crippen LogP contribution in [0, 0.1) is 13.8 Å². The van der Waals surface area contributed by atoms with Crippen molar-refractivity contribution in [3.8, 4) is 5.75 Å². The monoisotopic (exact) mass is 441 g/mol. The van der Waals surface area contributed by atoms with Crippen LogP contribution in [0.1, 0.15) is 36.1 Å². The summed E-state index contributed by atoms with van der Waals surface area (Å²) in [5, 5.41) is 3.25. The van der Waals surface area contributed by atoms with Gasteiger partial charge in [0.05, 0.1) is 18.2 Å². The molecule has 1 aromatic heterocycles. The zero-order valence-electron chi connectivity index (χ0n) is 19.3. The number of carbonyl (C=O) groups is 2. The largest absolute Gasteiger partial charge is 0.491 e. The van der Waals surface area contributed by atoms with Crippen LogP contribution in [-0.4, -0.2) is 27.8 Å². The number of hydrogen-bond acceptors (Lipinski definition) is 5. The van der Waals surface area contributed by atoms with Gasteiger partial charge in [0.1, 0.15) is 11.4 Å². The molecule has 0 spiro atoms. The second-order valence-electron chi connectivity index (χ2n) is 8.44. The minimum atomic E-state index is -0.353. The van der Waals surface area contributed by atoms with Crippen molar-refractivity contribution in [2.45, 2.75) is 40.3 Å². The van der Waals surface area contributed by atoms with Crippen molar-refractivity contribution >= 4 is 23.1 Å². The Balaban J connectivity index is 1.73. The average Bonchev–Trinajstić information content (AvgIpc) is 3.01. The molecule has 1 aliphatic heterocycles. The van der Waals surface area contributed by atoms with Crippen molar-refractivity contribution in [1.82, 2.24) is 9.88 Å². The number of carbonyl (C=O) groups excluding carboxylic acids is 2. The Bertz CT molecular complexity index is 1220. The van der Waals surface area contributed by atoms with Crippen LogP contribution in [0.3, 0.4) is 0 Å². The number of rotatable bonds is 7. The summed E-state index contributed by atoms with van der Waals surface area (Å²) in [7, 11) is 0. The number of ether oxygens (including phenoxy) is 1. The number of aryl methyl sites for hydroxylation is 2. The summed E-state index contributed by atoms with van der Waals surface area (Å²) in [6.45, 7) is 8.08. The smallest absolute Gasteiger partial charge is 0.278 e. The van der Waals surface area contributed by atoms with Gasteiger partial charge in [-0.1, -0.05) is 29.8 Å². The standard InChI is InChI=1S/C27H27N3O3/c1-17(2)33-22-8-6-21(7-9-22)24-25(29-23-10-5-18(3)15-19(23)4)27(32)30(26(24)31)16-20-11-13-28-14-12-20/h5-15,17,29H,16H2,1-4H3. The van der Waals surface area contributed by atoms with Crippen LogP contribution in [0.5, 0.6) is 5.75 Å². The maximum Gasteiger partial charge on any atom is 0.278 e. The third kappa shape index (κ3) is 4.80. The first kappa shape index (κ1) is 22.3. The fourth-order valence-corrected chi connectivity index (χ4v) is 3.84. The molecule has 0 radical (unpaired) electrons. The summed E-state index contributed by atoms with van der Waals surface area (Å²) in [5.74, 6) is 0.0274. The number of pyridine rings is 1. The summed E-state index contributed by atoms with van der Waals surface area (Å²) in [5.41, 5.74) is 5.04. The molecule has 2 aromatic carbocycles. The van der Waals surface area contributed by atoms with E-state index in [1.54, 1.807) is 24.5 Å². The number of nitrogens with zero attached hydrogens (tertiary/aromatic N) is 2. The number of benzene rings is 2. The highest BCUT2D eigenvalue weighted by atomic mass is 16.5. The summed E-state index contributed by atoms with van der Waals surface area (Å²) in [6.07, 6.45) is 3.34. The van der Waals surface area contributed by atoms with Gasteiger partial charge >= 0.3 is 0 Å². The molecular formula is C27H27N3O3. The molecule has 1 N–H and O–H groups in total. The quantitative estimate of drug-likeness (QED) is 0.529. The van der Waals surface area contributed by atoms with Crippen molar-refractivity contribution in [1.29, 1.82) is 0 Å². The first-order valence-corrected chi connectivity index (χ1v) is 10.9. The lowest BCUT2D eigenvalue weighted by Crippen LogP contribution is -2.32. The molecule has 0 saturated carbocycles. The molecule has 0 fully saturated rings. The van der Waals surface area contributed by atoms with Crippen molar-refractivity contribution in [2.75, 3.05) is 5.32 Å². The van der Waals surface area contributed by atoms with Crippen molar-refractivity contribution in [3.63, 3.8) is 0 Å². The van der Waals surface area contributed by atoms with Gasteiger partial charge in [-0.15, -0.1) is 0 Å². The van der Waals surface area contributed by atoms with Crippen molar-refractivity contribution < 1.29 is 14.3 Å². The molecule has 0 bridgehead atoms. The first-order chi connectivity index (χ1) is 15.8. The van der Waals surface area contributed by atoms with E-state index in [0.29, 0.717) is 16.9 Å². The SMILES string of the molecule is Cc1ccc(NC2=C(c3ccc(OC(C)C)cc3)C(=O)N(Cc3ccncc3)C2=O)c(C)c1. The zero-order chi connectivity index (χ0) is 23.5. The molecule has 1 aliphatic rings. The van der Waals surface area contributed by atoms with Gasteiger partial charge in [-0.25, -0.2) is 0 Å². The van der Waals surface area contributed by atoms with Crippen LogP contribution in [0.2, 0.25) is 0 Å². The lowest BCUT2D eigenvalue weighted by molar-refractivity contribution is -0.137. The molecule has 6 heteroatoms. The molecule has 6 nitrogen and oxygen atoms in total. The van der Waals surface area contributed by atoms with Gasteiger partial charge in [0.15, 0.2) is 0 Å². The Hall–Kier alpha value is -3.93. The van der Waals surface area contributed by atoms with E-state index in [0.717, 1.165) is 22.4 Å². The second kappa shape index (κ2) is 9.28. The summed E-state index contributed by atoms with van der Waals surface area (Å²) >= 11 is 0. The van der Waals surface area contributed by atoms with Crippen molar-refractivity contribution in [2.24, 2.45) is 0 Å². The lowest BCUT2D eigenvalue weighted by Gasteiger charge is -2.16. The topological polar surface area (TPSA) is 71.5 Å². The predicted molar refractivity (Wildman–Crippen MR) is 128 cm³/mol. The van der Waals surface area contributed by atoms with E-state index in [4.69, 9.17) is 4.74 Å². The van der Waals surface area contributed by atoms with Gasteiger partial charge in [-0.3, -0.25) is 19.5 Å². The van der Waals surface area contributed by atoms with Crippen LogP contribution < -0.4 is 10.1 Å². The molecule has 3 aromatic rings. The Morgan fingerprint density at radius 2 is 1.64 bits per heavy atom. The van der Waals surface area contributed by atoms with Crippen LogP contribution in [0.25, 0.3) is 5.57 Å². The van der Waals surface area contributed by atoms with E-state index in [-0.39, 0.29) is 30.2 Å². The van der Waals surface area contributed by atoms with Gasteiger partial charge in [0, 0.05) is 18.1 Å². The Labute approximate surface area is 193 Å². The third-order valence-corrected chi connectivity index (χ3v) is 5.41. The third-order valence-electron chi connectivity index (χ3n) is 5.41. The number of amides is 2. The maximum absolute atomic E-state index is 13.5. The Morgan fingerprint density at radius 3 is 2.27 bits per heavy atom. The molecule has 0 aliphatic carbocycles. The predicted octanol–water partition coefficient (Wildman–Crippen LogP) is 4.88. The van der Waals surface area contributed by atoms with E-state index in [2.05, 4.69) is 10.3 Å². The van der Waals surface area contributed by atoms with Gasteiger partial charge in [0.25, 0.3) is 11.8 Å². The fraction of sp³-hybridized carbons (Fsp3) is 0.222. The Kier molecular flexibility index (Phi) is 6.27. The second-order valence-corrected chi connectivity index (χ2v) is 8.44. The summed E-state index contributed by atoms with van der Waals surface area (Å²) < 4.78 is 5.73. The molecule has 2 amide bonds. The highest BCUT2D eigenvalue weighted by Crippen LogP contribution is 2.33. The van der Waals surface area contributed by atoms with E-state index >= 15 is 0 Å². The lowest BCUT2D eigenvalue weighted by atomic mass is 10.0. The van der Waals surface area contributed by atoms with Crippen LogP contribution in [0.15, 0.2) is 72.7 Å². The van der Waals surface area contributed by atoms with Gasteiger partial charge < -0.3 is 10.1 Å². The average molecular weight is 442 g/mol. The van der Waals surface area contributed by atoms with E-state index in [1.807, 2.05) is 70.2 Å². The van der Waals surface area contributed by atoms with Gasteiger partial charge in [0.2, 0.25) is 0 Å². The molecule has 0 atom stereocenters. The van der Waals surface area contributed by atoms with Crippen molar-refractivity contribution in [3.05, 3.63) is 94.9 Å². The van der Waals surface area contributed by atoms with Crippen LogP contribution >= 0.6 is 0 Å². The van der Waals surface area contributed by atoms with E-state index in [9.17, 15) is 9.59 Å². The number of anilines is 1. The number of imide groups is 1. The molecule has 0 saturated heterocycles. The summed E-state index contributed by atoms with van der Waals surface area (Å²) in [6, 6.07) is 16.8. The first-order valence-electron chi connectivity index (χ1n) is 10.9. The zero-order valence-corrected chi connectivity index (χ0v) is 19.3. The highest BCUT2D eigenvalue weighted by Gasteiger charge is 2.39. The number of aromatic nitrogens is 1. The van der Waals surface area contributed by atoms with Crippen LogP contribution in [-0.2, 0) is 16.1 Å². The van der Waals surface area contributed by atoms with E-state index in [1.165, 1.54) is 4.90 Å². The van der Waals surface area contributed by atoms with E-state index < -0.39 is 0 Å². The minimum Gasteiger partial charge on any atom is -0.491 e. The van der Waals surface area contributed by atoms with Gasteiger partial charge in [-0.05, 0) is 74.7 Å².